The van der Waals surface area contributed by atoms with Crippen LogP contribution in [0.2, 0.25) is 0 Å². The van der Waals surface area contributed by atoms with Gasteiger partial charge in [0, 0.05) is 19.3 Å². The minimum absolute atomic E-state index is 0.664. The maximum Gasteiger partial charge on any atom is 0.0480 e. The van der Waals surface area contributed by atoms with Crippen molar-refractivity contribution in [3.8, 4) is 0 Å². The van der Waals surface area contributed by atoms with Crippen LogP contribution in [-0.4, -0.2) is 25.8 Å². The second-order valence-corrected chi connectivity index (χ2v) is 5.92. The fourth-order valence-corrected chi connectivity index (χ4v) is 2.63. The Morgan fingerprint density at radius 2 is 1.35 bits per heavy atom. The molecule has 0 aliphatic heterocycles. The Morgan fingerprint density at radius 3 is 1.95 bits per heavy atom. The molecule has 2 heteroatoms. The first kappa shape index (κ1) is 19.9. The number of rotatable bonds is 16. The van der Waals surface area contributed by atoms with Crippen molar-refractivity contribution in [3.05, 3.63) is 0 Å². The molecular formula is C18H39NO. The molecule has 2 nitrogen and oxygen atoms in total. The summed E-state index contributed by atoms with van der Waals surface area (Å²) in [6.45, 7) is 9.57. The monoisotopic (exact) mass is 285 g/mol. The normalized spacial score (nSPS) is 12.8. The van der Waals surface area contributed by atoms with Crippen LogP contribution in [0.15, 0.2) is 0 Å². The lowest BCUT2D eigenvalue weighted by Gasteiger charge is -2.17. The van der Waals surface area contributed by atoms with Gasteiger partial charge in [0.1, 0.15) is 0 Å². The van der Waals surface area contributed by atoms with Crippen LogP contribution in [0.3, 0.4) is 0 Å². The van der Waals surface area contributed by atoms with Gasteiger partial charge in [-0.05, 0) is 25.8 Å². The maximum atomic E-state index is 5.60. The fraction of sp³-hybridized carbons (Fsp3) is 1.00. The van der Waals surface area contributed by atoms with Crippen LogP contribution >= 0.6 is 0 Å². The van der Waals surface area contributed by atoms with Gasteiger partial charge < -0.3 is 10.1 Å². The highest BCUT2D eigenvalue weighted by atomic mass is 16.5. The molecule has 0 saturated carbocycles. The Morgan fingerprint density at radius 1 is 0.700 bits per heavy atom. The minimum Gasteiger partial charge on any atom is -0.381 e. The van der Waals surface area contributed by atoms with Crippen LogP contribution in [-0.2, 0) is 4.74 Å². The highest BCUT2D eigenvalue weighted by molar-refractivity contribution is 4.66. The van der Waals surface area contributed by atoms with Crippen molar-refractivity contribution in [2.75, 3.05) is 19.8 Å². The summed E-state index contributed by atoms with van der Waals surface area (Å²) in [7, 11) is 0. The summed E-state index contributed by atoms with van der Waals surface area (Å²) < 4.78 is 5.60. The molecule has 20 heavy (non-hydrogen) atoms. The van der Waals surface area contributed by atoms with Crippen molar-refractivity contribution in [3.63, 3.8) is 0 Å². The Kier molecular flexibility index (Phi) is 16.9. The smallest absolute Gasteiger partial charge is 0.0480 e. The van der Waals surface area contributed by atoms with E-state index in [-0.39, 0.29) is 0 Å². The van der Waals surface area contributed by atoms with Gasteiger partial charge in [0.2, 0.25) is 0 Å². The van der Waals surface area contributed by atoms with Gasteiger partial charge in [-0.2, -0.15) is 0 Å². The van der Waals surface area contributed by atoms with Crippen LogP contribution in [0, 0.1) is 0 Å². The number of unbranched alkanes of at least 4 members (excludes halogenated alkanes) is 7. The zero-order chi connectivity index (χ0) is 14.9. The first-order chi connectivity index (χ1) is 9.85. The van der Waals surface area contributed by atoms with Crippen molar-refractivity contribution in [1.82, 2.24) is 5.32 Å². The molecule has 1 atom stereocenters. The lowest BCUT2D eigenvalue weighted by molar-refractivity contribution is 0.123. The second kappa shape index (κ2) is 17.0. The molecule has 0 aromatic carbocycles. The molecule has 0 saturated heterocycles. The molecule has 0 bridgehead atoms. The molecule has 122 valence electrons. The van der Waals surface area contributed by atoms with Crippen molar-refractivity contribution in [2.45, 2.75) is 97.4 Å². The van der Waals surface area contributed by atoms with E-state index in [0.29, 0.717) is 6.04 Å². The lowest BCUT2D eigenvalue weighted by Crippen LogP contribution is -2.30. The van der Waals surface area contributed by atoms with Crippen LogP contribution in [0.1, 0.15) is 91.4 Å². The van der Waals surface area contributed by atoms with Crippen LogP contribution < -0.4 is 5.32 Å². The highest BCUT2D eigenvalue weighted by Crippen LogP contribution is 2.11. The number of ether oxygens (including phenoxy) is 1. The molecule has 0 aliphatic carbocycles. The first-order valence-corrected chi connectivity index (χ1v) is 9.16. The van der Waals surface area contributed by atoms with Gasteiger partial charge in [-0.1, -0.05) is 72.1 Å². The quantitative estimate of drug-likeness (QED) is 0.388. The van der Waals surface area contributed by atoms with E-state index in [0.717, 1.165) is 26.2 Å². The van der Waals surface area contributed by atoms with E-state index in [1.165, 1.54) is 64.2 Å². The van der Waals surface area contributed by atoms with E-state index >= 15 is 0 Å². The molecular weight excluding hydrogens is 246 g/mol. The molecule has 0 fully saturated rings. The average molecular weight is 286 g/mol. The van der Waals surface area contributed by atoms with E-state index in [1.54, 1.807) is 0 Å². The number of nitrogens with one attached hydrogen (secondary N) is 1. The van der Waals surface area contributed by atoms with Crippen LogP contribution in [0.25, 0.3) is 0 Å². The van der Waals surface area contributed by atoms with E-state index in [1.807, 2.05) is 0 Å². The van der Waals surface area contributed by atoms with Crippen LogP contribution in [0.5, 0.6) is 0 Å². The standard InChI is InChI=1S/C18H39NO/c1-4-7-8-9-10-11-12-13-14-18(19-6-3)15-17-20-16-5-2/h18-19H,4-17H2,1-3H3. The topological polar surface area (TPSA) is 21.3 Å². The molecule has 0 heterocycles. The van der Waals surface area contributed by atoms with Crippen molar-refractivity contribution >= 4 is 0 Å². The van der Waals surface area contributed by atoms with Gasteiger partial charge in [0.05, 0.1) is 0 Å². The fourth-order valence-electron chi connectivity index (χ4n) is 2.63. The molecule has 0 aromatic heterocycles. The summed E-state index contributed by atoms with van der Waals surface area (Å²) in [5, 5.41) is 3.60. The van der Waals surface area contributed by atoms with Gasteiger partial charge in [0.15, 0.2) is 0 Å². The Hall–Kier alpha value is -0.0800. The summed E-state index contributed by atoms with van der Waals surface area (Å²) in [5.41, 5.74) is 0. The van der Waals surface area contributed by atoms with E-state index in [2.05, 4.69) is 26.1 Å². The summed E-state index contributed by atoms with van der Waals surface area (Å²) in [6, 6.07) is 0.664. The molecule has 0 aromatic rings. The molecule has 0 amide bonds. The largest absolute Gasteiger partial charge is 0.381 e. The molecule has 0 rings (SSSR count). The number of hydrogen-bond acceptors (Lipinski definition) is 2. The summed E-state index contributed by atoms with van der Waals surface area (Å²) in [6.07, 6.45) is 14.9. The highest BCUT2D eigenvalue weighted by Gasteiger charge is 2.06. The number of hydrogen-bond donors (Lipinski definition) is 1. The third-order valence-corrected chi connectivity index (χ3v) is 3.86. The Bertz CT molecular complexity index is 173. The summed E-state index contributed by atoms with van der Waals surface area (Å²) >= 11 is 0. The van der Waals surface area contributed by atoms with E-state index in [4.69, 9.17) is 4.74 Å². The Balaban J connectivity index is 3.40. The van der Waals surface area contributed by atoms with Gasteiger partial charge >= 0.3 is 0 Å². The maximum absolute atomic E-state index is 5.60. The zero-order valence-corrected chi connectivity index (χ0v) is 14.4. The predicted octanol–water partition coefficient (Wildman–Crippen LogP) is 5.31. The molecule has 1 N–H and O–H groups in total. The Labute approximate surface area is 128 Å². The molecule has 0 radical (unpaired) electrons. The predicted molar refractivity (Wildman–Crippen MR) is 90.4 cm³/mol. The van der Waals surface area contributed by atoms with Crippen molar-refractivity contribution in [1.29, 1.82) is 0 Å². The van der Waals surface area contributed by atoms with Crippen molar-refractivity contribution < 1.29 is 4.74 Å². The first-order valence-electron chi connectivity index (χ1n) is 9.16. The van der Waals surface area contributed by atoms with E-state index in [9.17, 15) is 0 Å². The SMILES string of the molecule is CCCCCCCCCCC(CCOCCC)NCC. The summed E-state index contributed by atoms with van der Waals surface area (Å²) in [4.78, 5) is 0. The third-order valence-electron chi connectivity index (χ3n) is 3.86. The second-order valence-electron chi connectivity index (χ2n) is 5.92. The summed E-state index contributed by atoms with van der Waals surface area (Å²) in [5.74, 6) is 0. The van der Waals surface area contributed by atoms with Gasteiger partial charge in [-0.15, -0.1) is 0 Å². The van der Waals surface area contributed by atoms with E-state index < -0.39 is 0 Å². The van der Waals surface area contributed by atoms with Gasteiger partial charge in [-0.3, -0.25) is 0 Å². The lowest BCUT2D eigenvalue weighted by atomic mass is 10.0. The van der Waals surface area contributed by atoms with Gasteiger partial charge in [-0.25, -0.2) is 0 Å². The van der Waals surface area contributed by atoms with Crippen molar-refractivity contribution in [2.24, 2.45) is 0 Å². The third kappa shape index (κ3) is 14.3. The molecule has 1 unspecified atom stereocenters. The minimum atomic E-state index is 0.664. The molecule has 0 spiro atoms. The average Bonchev–Trinajstić information content (AvgIpc) is 2.46. The zero-order valence-electron chi connectivity index (χ0n) is 14.4. The molecule has 0 aliphatic rings. The van der Waals surface area contributed by atoms with Crippen LogP contribution in [0.4, 0.5) is 0 Å². The van der Waals surface area contributed by atoms with Gasteiger partial charge in [0.25, 0.3) is 0 Å².